The van der Waals surface area contributed by atoms with Gasteiger partial charge in [-0.15, -0.1) is 0 Å². The summed E-state index contributed by atoms with van der Waals surface area (Å²) in [4.78, 5) is 14.0. The summed E-state index contributed by atoms with van der Waals surface area (Å²) in [5.74, 6) is 1.86. The average molecular weight is 325 g/mol. The number of benzene rings is 2. The Balaban J connectivity index is 2.23. The van der Waals surface area contributed by atoms with E-state index in [1.807, 2.05) is 48.5 Å². The van der Waals surface area contributed by atoms with E-state index in [2.05, 4.69) is 47.2 Å². The Morgan fingerprint density at radius 2 is 1.52 bits per heavy atom. The van der Waals surface area contributed by atoms with Crippen LogP contribution in [0, 0.1) is 6.92 Å². The van der Waals surface area contributed by atoms with Crippen molar-refractivity contribution < 1.29 is 0 Å². The maximum absolute atomic E-state index is 4.68. The molecule has 3 heteroatoms. The third-order valence-electron chi connectivity index (χ3n) is 3.72. The monoisotopic (exact) mass is 325 g/mol. The molecule has 122 valence electrons. The molecule has 0 fully saturated rings. The van der Waals surface area contributed by atoms with E-state index in [4.69, 9.17) is 0 Å². The molecule has 0 aliphatic carbocycles. The Bertz CT molecular complexity index is 940. The second-order valence-electron chi connectivity index (χ2n) is 5.60. The van der Waals surface area contributed by atoms with Crippen LogP contribution in [0.15, 0.2) is 86.0 Å². The van der Waals surface area contributed by atoms with E-state index in [1.54, 1.807) is 12.2 Å². The SMILES string of the molecule is C=C/C=C(\C=C)c1nc(-c2ccccc2)nc(-c2cccc(C)c2)n1. The van der Waals surface area contributed by atoms with Gasteiger partial charge in [-0.2, -0.15) is 0 Å². The van der Waals surface area contributed by atoms with Crippen LogP contribution in [0.5, 0.6) is 0 Å². The normalized spacial score (nSPS) is 11.2. The van der Waals surface area contributed by atoms with Gasteiger partial charge in [-0.05, 0) is 13.0 Å². The zero-order valence-electron chi connectivity index (χ0n) is 14.2. The van der Waals surface area contributed by atoms with E-state index < -0.39 is 0 Å². The van der Waals surface area contributed by atoms with E-state index in [9.17, 15) is 0 Å². The fourth-order valence-electron chi connectivity index (χ4n) is 2.50. The van der Waals surface area contributed by atoms with Crippen molar-refractivity contribution in [2.24, 2.45) is 0 Å². The Morgan fingerprint density at radius 1 is 0.840 bits per heavy atom. The number of allylic oxidation sites excluding steroid dienone is 4. The second kappa shape index (κ2) is 7.49. The highest BCUT2D eigenvalue weighted by Crippen LogP contribution is 2.23. The highest BCUT2D eigenvalue weighted by molar-refractivity contribution is 5.73. The van der Waals surface area contributed by atoms with Crippen LogP contribution in [0.3, 0.4) is 0 Å². The van der Waals surface area contributed by atoms with Crippen LogP contribution in [0.1, 0.15) is 11.4 Å². The quantitative estimate of drug-likeness (QED) is 0.600. The number of aryl methyl sites for hydroxylation is 1. The van der Waals surface area contributed by atoms with Gasteiger partial charge in [0.1, 0.15) is 0 Å². The van der Waals surface area contributed by atoms with Gasteiger partial charge in [-0.3, -0.25) is 0 Å². The van der Waals surface area contributed by atoms with Gasteiger partial charge >= 0.3 is 0 Å². The number of hydrogen-bond donors (Lipinski definition) is 0. The molecule has 2 aromatic carbocycles. The van der Waals surface area contributed by atoms with E-state index >= 15 is 0 Å². The van der Waals surface area contributed by atoms with E-state index in [-0.39, 0.29) is 0 Å². The number of hydrogen-bond acceptors (Lipinski definition) is 3. The predicted molar refractivity (Wildman–Crippen MR) is 104 cm³/mol. The smallest absolute Gasteiger partial charge is 0.164 e. The van der Waals surface area contributed by atoms with Gasteiger partial charge in [0.25, 0.3) is 0 Å². The molecule has 0 saturated carbocycles. The van der Waals surface area contributed by atoms with E-state index in [0.717, 1.165) is 22.3 Å². The van der Waals surface area contributed by atoms with Gasteiger partial charge in [0.15, 0.2) is 17.5 Å². The largest absolute Gasteiger partial charge is 0.208 e. The first kappa shape index (κ1) is 16.5. The van der Waals surface area contributed by atoms with Gasteiger partial charge in [0.2, 0.25) is 0 Å². The Labute approximate surface area is 148 Å². The van der Waals surface area contributed by atoms with E-state index in [1.165, 1.54) is 0 Å². The molecule has 3 aromatic rings. The van der Waals surface area contributed by atoms with Crippen molar-refractivity contribution in [2.45, 2.75) is 6.92 Å². The summed E-state index contributed by atoms with van der Waals surface area (Å²) in [7, 11) is 0. The molecule has 3 nitrogen and oxygen atoms in total. The highest BCUT2D eigenvalue weighted by atomic mass is 15.0. The fourth-order valence-corrected chi connectivity index (χ4v) is 2.50. The van der Waals surface area contributed by atoms with Crippen LogP contribution in [-0.4, -0.2) is 15.0 Å². The molecule has 0 spiro atoms. The van der Waals surface area contributed by atoms with Gasteiger partial charge < -0.3 is 0 Å². The predicted octanol–water partition coefficient (Wildman–Crippen LogP) is 5.27. The molecule has 0 atom stereocenters. The van der Waals surface area contributed by atoms with Gasteiger partial charge in [0, 0.05) is 16.7 Å². The van der Waals surface area contributed by atoms with Crippen molar-refractivity contribution in [3.63, 3.8) is 0 Å². The maximum atomic E-state index is 4.68. The molecule has 0 bridgehead atoms. The lowest BCUT2D eigenvalue weighted by Crippen LogP contribution is -2.02. The Hall–Kier alpha value is -3.33. The van der Waals surface area contributed by atoms with Crippen LogP contribution in [-0.2, 0) is 0 Å². The average Bonchev–Trinajstić information content (AvgIpc) is 2.66. The minimum absolute atomic E-state index is 0.584. The fraction of sp³-hybridized carbons (Fsp3) is 0.0455. The Kier molecular flexibility index (Phi) is 4.95. The molecule has 0 N–H and O–H groups in total. The first-order valence-electron chi connectivity index (χ1n) is 8.05. The van der Waals surface area contributed by atoms with Gasteiger partial charge in [-0.25, -0.2) is 15.0 Å². The van der Waals surface area contributed by atoms with Crippen molar-refractivity contribution >= 4 is 5.57 Å². The Morgan fingerprint density at radius 3 is 2.16 bits per heavy atom. The molecule has 1 heterocycles. The van der Waals surface area contributed by atoms with Crippen molar-refractivity contribution in [2.75, 3.05) is 0 Å². The van der Waals surface area contributed by atoms with Gasteiger partial charge in [0.05, 0.1) is 0 Å². The van der Waals surface area contributed by atoms with Crippen molar-refractivity contribution in [3.8, 4) is 22.8 Å². The van der Waals surface area contributed by atoms with Crippen LogP contribution in [0.4, 0.5) is 0 Å². The third-order valence-corrected chi connectivity index (χ3v) is 3.72. The molecule has 0 amide bonds. The van der Waals surface area contributed by atoms with Crippen LogP contribution in [0.25, 0.3) is 28.3 Å². The second-order valence-corrected chi connectivity index (χ2v) is 5.60. The number of nitrogens with zero attached hydrogens (tertiary/aromatic N) is 3. The molecule has 0 saturated heterocycles. The van der Waals surface area contributed by atoms with E-state index in [0.29, 0.717) is 17.5 Å². The summed E-state index contributed by atoms with van der Waals surface area (Å²) in [6.45, 7) is 9.66. The summed E-state index contributed by atoms with van der Waals surface area (Å²) >= 11 is 0. The van der Waals surface area contributed by atoms with Crippen molar-refractivity contribution in [1.82, 2.24) is 15.0 Å². The van der Waals surface area contributed by atoms with Crippen LogP contribution >= 0.6 is 0 Å². The molecular formula is C22H19N3. The molecule has 1 aromatic heterocycles. The molecule has 0 unspecified atom stereocenters. The van der Waals surface area contributed by atoms with Crippen LogP contribution in [0.2, 0.25) is 0 Å². The highest BCUT2D eigenvalue weighted by Gasteiger charge is 2.12. The minimum Gasteiger partial charge on any atom is -0.208 e. The lowest BCUT2D eigenvalue weighted by atomic mass is 10.1. The molecule has 0 aliphatic rings. The third kappa shape index (κ3) is 3.78. The molecule has 0 radical (unpaired) electrons. The van der Waals surface area contributed by atoms with Crippen LogP contribution < -0.4 is 0 Å². The lowest BCUT2D eigenvalue weighted by molar-refractivity contribution is 1.04. The maximum Gasteiger partial charge on any atom is 0.164 e. The summed E-state index contributed by atoms with van der Waals surface area (Å²) in [6, 6.07) is 18.0. The molecule has 0 aliphatic heterocycles. The summed E-state index contributed by atoms with van der Waals surface area (Å²) in [5, 5.41) is 0. The van der Waals surface area contributed by atoms with Crippen molar-refractivity contribution in [1.29, 1.82) is 0 Å². The molecule has 25 heavy (non-hydrogen) atoms. The first-order chi connectivity index (χ1) is 12.2. The summed E-state index contributed by atoms with van der Waals surface area (Å²) < 4.78 is 0. The molecular weight excluding hydrogens is 306 g/mol. The number of aromatic nitrogens is 3. The first-order valence-corrected chi connectivity index (χ1v) is 8.05. The minimum atomic E-state index is 0.584. The van der Waals surface area contributed by atoms with Crippen molar-refractivity contribution in [3.05, 3.63) is 97.4 Å². The molecule has 3 rings (SSSR count). The zero-order valence-corrected chi connectivity index (χ0v) is 14.2. The standard InChI is InChI=1S/C22H19N3/c1-4-10-17(5-2)20-23-21(18-12-7-6-8-13-18)25-22(24-20)19-14-9-11-16(3)15-19/h4-15H,1-2H2,3H3/b17-10+. The van der Waals surface area contributed by atoms with Gasteiger partial charge in [-0.1, -0.05) is 85.5 Å². The summed E-state index contributed by atoms with van der Waals surface area (Å²) in [5.41, 5.74) is 3.87. The summed E-state index contributed by atoms with van der Waals surface area (Å²) in [6.07, 6.45) is 5.28. The zero-order chi connectivity index (χ0) is 17.6. The number of rotatable bonds is 5. The lowest BCUT2D eigenvalue weighted by Gasteiger charge is -2.09. The topological polar surface area (TPSA) is 38.7 Å².